The molecule has 1 atom stereocenters. The van der Waals surface area contributed by atoms with Gasteiger partial charge >= 0.3 is 0 Å². The van der Waals surface area contributed by atoms with Crippen LogP contribution in [-0.2, 0) is 0 Å². The Kier molecular flexibility index (Phi) is 6.35. The second-order valence-electron chi connectivity index (χ2n) is 4.05. The number of unbranched alkanes of at least 4 members (excludes halogenated alkanes) is 1. The molecule has 92 valence electrons. The number of hydrogen-bond acceptors (Lipinski definition) is 1. The molecule has 2 heteroatoms. The molecule has 0 aliphatic rings. The van der Waals surface area contributed by atoms with Crippen LogP contribution in [0, 0.1) is 17.7 Å². The van der Waals surface area contributed by atoms with Crippen LogP contribution in [0.2, 0.25) is 0 Å². The van der Waals surface area contributed by atoms with E-state index in [-0.39, 0.29) is 11.9 Å². The SMILES string of the molecule is CC#CCNC(CCCC)c1ccc(F)cc1. The molecular formula is C15H20FN. The van der Waals surface area contributed by atoms with Crippen LogP contribution >= 0.6 is 0 Å². The molecule has 0 fully saturated rings. The molecule has 0 saturated heterocycles. The second kappa shape index (κ2) is 7.86. The fourth-order valence-electron chi connectivity index (χ4n) is 1.75. The van der Waals surface area contributed by atoms with Gasteiger partial charge in [0.25, 0.3) is 0 Å². The summed E-state index contributed by atoms with van der Waals surface area (Å²) in [6.07, 6.45) is 3.39. The topological polar surface area (TPSA) is 12.0 Å². The van der Waals surface area contributed by atoms with Crippen molar-refractivity contribution >= 4 is 0 Å². The normalized spacial score (nSPS) is 11.7. The molecule has 1 nitrogen and oxygen atoms in total. The van der Waals surface area contributed by atoms with Gasteiger partial charge in [0.2, 0.25) is 0 Å². The highest BCUT2D eigenvalue weighted by Crippen LogP contribution is 2.19. The molecule has 1 unspecified atom stereocenters. The zero-order valence-electron chi connectivity index (χ0n) is 10.6. The van der Waals surface area contributed by atoms with Gasteiger partial charge < -0.3 is 0 Å². The Morgan fingerprint density at radius 3 is 2.59 bits per heavy atom. The summed E-state index contributed by atoms with van der Waals surface area (Å²) in [5.74, 6) is 5.68. The lowest BCUT2D eigenvalue weighted by molar-refractivity contribution is 0.506. The van der Waals surface area contributed by atoms with Gasteiger partial charge in [-0.3, -0.25) is 5.32 Å². The van der Waals surface area contributed by atoms with Crippen molar-refractivity contribution in [1.82, 2.24) is 5.32 Å². The number of nitrogens with one attached hydrogen (secondary N) is 1. The van der Waals surface area contributed by atoms with Crippen LogP contribution in [0.3, 0.4) is 0 Å². The van der Waals surface area contributed by atoms with E-state index in [1.54, 1.807) is 0 Å². The highest BCUT2D eigenvalue weighted by Gasteiger charge is 2.09. The first-order valence-corrected chi connectivity index (χ1v) is 6.16. The van der Waals surface area contributed by atoms with Crippen LogP contribution in [0.25, 0.3) is 0 Å². The maximum Gasteiger partial charge on any atom is 0.123 e. The summed E-state index contributed by atoms with van der Waals surface area (Å²) >= 11 is 0. The van der Waals surface area contributed by atoms with Gasteiger partial charge in [-0.15, -0.1) is 5.92 Å². The van der Waals surface area contributed by atoms with E-state index < -0.39 is 0 Å². The van der Waals surface area contributed by atoms with Gasteiger partial charge in [-0.25, -0.2) is 4.39 Å². The van der Waals surface area contributed by atoms with Crippen molar-refractivity contribution < 1.29 is 4.39 Å². The predicted molar refractivity (Wildman–Crippen MR) is 70.1 cm³/mol. The third-order valence-electron chi connectivity index (χ3n) is 2.73. The van der Waals surface area contributed by atoms with E-state index in [0.717, 1.165) is 18.4 Å². The summed E-state index contributed by atoms with van der Waals surface area (Å²) in [5.41, 5.74) is 1.14. The minimum absolute atomic E-state index is 0.184. The minimum Gasteiger partial charge on any atom is -0.299 e. The molecule has 0 saturated carbocycles. The van der Waals surface area contributed by atoms with Gasteiger partial charge in [0, 0.05) is 6.04 Å². The first kappa shape index (κ1) is 13.7. The van der Waals surface area contributed by atoms with E-state index in [0.29, 0.717) is 6.54 Å². The van der Waals surface area contributed by atoms with Gasteiger partial charge in [0.1, 0.15) is 5.82 Å². The van der Waals surface area contributed by atoms with Crippen LogP contribution in [0.15, 0.2) is 24.3 Å². The van der Waals surface area contributed by atoms with E-state index in [9.17, 15) is 4.39 Å². The van der Waals surface area contributed by atoms with Crippen LogP contribution in [-0.4, -0.2) is 6.54 Å². The van der Waals surface area contributed by atoms with Crippen LogP contribution in [0.4, 0.5) is 4.39 Å². The molecular weight excluding hydrogens is 213 g/mol. The largest absolute Gasteiger partial charge is 0.299 e. The van der Waals surface area contributed by atoms with E-state index in [1.165, 1.54) is 18.6 Å². The van der Waals surface area contributed by atoms with Gasteiger partial charge in [-0.05, 0) is 31.0 Å². The molecule has 0 bridgehead atoms. The lowest BCUT2D eigenvalue weighted by Gasteiger charge is -2.17. The fourth-order valence-corrected chi connectivity index (χ4v) is 1.75. The third-order valence-corrected chi connectivity index (χ3v) is 2.73. The number of hydrogen-bond donors (Lipinski definition) is 1. The van der Waals surface area contributed by atoms with Crippen LogP contribution in [0.1, 0.15) is 44.7 Å². The lowest BCUT2D eigenvalue weighted by atomic mass is 10.0. The first-order chi connectivity index (χ1) is 8.27. The molecule has 1 N–H and O–H groups in total. The smallest absolute Gasteiger partial charge is 0.123 e. The van der Waals surface area contributed by atoms with Crippen LogP contribution < -0.4 is 5.32 Å². The summed E-state index contributed by atoms with van der Waals surface area (Å²) < 4.78 is 12.9. The highest BCUT2D eigenvalue weighted by molar-refractivity contribution is 5.20. The Hall–Kier alpha value is -1.33. The van der Waals surface area contributed by atoms with Crippen molar-refractivity contribution in [2.75, 3.05) is 6.54 Å². The minimum atomic E-state index is -0.184. The Labute approximate surface area is 103 Å². The van der Waals surface area contributed by atoms with Gasteiger partial charge in [-0.2, -0.15) is 0 Å². The highest BCUT2D eigenvalue weighted by atomic mass is 19.1. The molecule has 0 aromatic heterocycles. The maximum absolute atomic E-state index is 12.9. The molecule has 0 heterocycles. The van der Waals surface area contributed by atoms with Crippen molar-refractivity contribution in [2.24, 2.45) is 0 Å². The molecule has 0 spiro atoms. The fraction of sp³-hybridized carbons (Fsp3) is 0.467. The van der Waals surface area contributed by atoms with Gasteiger partial charge in [0.05, 0.1) is 6.54 Å². The monoisotopic (exact) mass is 233 g/mol. The summed E-state index contributed by atoms with van der Waals surface area (Å²) in [5, 5.41) is 3.40. The second-order valence-corrected chi connectivity index (χ2v) is 4.05. The lowest BCUT2D eigenvalue weighted by Crippen LogP contribution is -2.21. The van der Waals surface area contributed by atoms with E-state index >= 15 is 0 Å². The Morgan fingerprint density at radius 2 is 2.00 bits per heavy atom. The molecule has 17 heavy (non-hydrogen) atoms. The van der Waals surface area contributed by atoms with Gasteiger partial charge in [0.15, 0.2) is 0 Å². The molecule has 1 aromatic rings. The van der Waals surface area contributed by atoms with E-state index in [4.69, 9.17) is 0 Å². The molecule has 0 aliphatic heterocycles. The number of halogens is 1. The summed E-state index contributed by atoms with van der Waals surface area (Å²) in [6.45, 7) is 4.69. The third kappa shape index (κ3) is 5.01. The summed E-state index contributed by atoms with van der Waals surface area (Å²) in [4.78, 5) is 0. The molecule has 1 rings (SSSR count). The Balaban J connectivity index is 2.65. The maximum atomic E-state index is 12.9. The van der Waals surface area contributed by atoms with Gasteiger partial charge in [-0.1, -0.05) is 37.8 Å². The van der Waals surface area contributed by atoms with E-state index in [1.807, 2.05) is 19.1 Å². The molecule has 1 aromatic carbocycles. The Bertz CT molecular complexity index is 372. The predicted octanol–water partition coefficient (Wildman–Crippen LogP) is 3.67. The number of rotatable bonds is 6. The average molecular weight is 233 g/mol. The quantitative estimate of drug-likeness (QED) is 0.739. The zero-order valence-corrected chi connectivity index (χ0v) is 10.6. The molecule has 0 radical (unpaired) electrons. The van der Waals surface area contributed by atoms with Crippen molar-refractivity contribution in [3.05, 3.63) is 35.6 Å². The number of benzene rings is 1. The standard InChI is InChI=1S/C15H20FN/c1-3-5-7-15(17-12-6-4-2)13-8-10-14(16)11-9-13/h8-11,15,17H,3,5,7,12H2,1-2H3. The van der Waals surface area contributed by atoms with Crippen molar-refractivity contribution in [3.8, 4) is 11.8 Å². The molecule has 0 aliphatic carbocycles. The van der Waals surface area contributed by atoms with Crippen molar-refractivity contribution in [3.63, 3.8) is 0 Å². The summed E-state index contributed by atoms with van der Waals surface area (Å²) in [6, 6.07) is 7.00. The average Bonchev–Trinajstić information content (AvgIpc) is 2.35. The zero-order chi connectivity index (χ0) is 12.5. The summed E-state index contributed by atoms with van der Waals surface area (Å²) in [7, 11) is 0. The van der Waals surface area contributed by atoms with Crippen molar-refractivity contribution in [2.45, 2.75) is 39.2 Å². The molecule has 0 amide bonds. The van der Waals surface area contributed by atoms with Crippen molar-refractivity contribution in [1.29, 1.82) is 0 Å². The van der Waals surface area contributed by atoms with E-state index in [2.05, 4.69) is 24.1 Å². The van der Waals surface area contributed by atoms with Crippen LogP contribution in [0.5, 0.6) is 0 Å². The first-order valence-electron chi connectivity index (χ1n) is 6.16. The Morgan fingerprint density at radius 1 is 1.29 bits per heavy atom.